The fourth-order valence-electron chi connectivity index (χ4n) is 2.12. The van der Waals surface area contributed by atoms with Crippen molar-refractivity contribution in [3.63, 3.8) is 0 Å². The number of esters is 1. The van der Waals surface area contributed by atoms with E-state index in [4.69, 9.17) is 0 Å². The highest BCUT2D eigenvalue weighted by Gasteiger charge is 2.15. The van der Waals surface area contributed by atoms with E-state index in [0.29, 0.717) is 5.13 Å². The van der Waals surface area contributed by atoms with Crippen molar-refractivity contribution in [1.29, 1.82) is 0 Å². The van der Waals surface area contributed by atoms with Gasteiger partial charge >= 0.3 is 12.0 Å². The molecule has 0 saturated carbocycles. The van der Waals surface area contributed by atoms with Crippen LogP contribution in [0.5, 0.6) is 0 Å². The van der Waals surface area contributed by atoms with Crippen molar-refractivity contribution in [2.24, 2.45) is 0 Å². The summed E-state index contributed by atoms with van der Waals surface area (Å²) in [5.41, 5.74) is 1.11. The Balaban J connectivity index is 1.91. The van der Waals surface area contributed by atoms with E-state index in [-0.39, 0.29) is 6.54 Å². The number of nitrogens with one attached hydrogen (secondary N) is 2. The molecule has 1 heterocycles. The Morgan fingerprint density at radius 3 is 2.75 bits per heavy atom. The van der Waals surface area contributed by atoms with Crippen molar-refractivity contribution in [2.75, 3.05) is 19.0 Å². The van der Waals surface area contributed by atoms with Crippen LogP contribution < -0.4 is 10.6 Å². The average Bonchev–Trinajstić information content (AvgIpc) is 2.77. The minimum Gasteiger partial charge on any atom is -0.468 e. The highest BCUT2D eigenvalue weighted by molar-refractivity contribution is 7.15. The summed E-state index contributed by atoms with van der Waals surface area (Å²) >= 11 is 1.53. The molecular weight excluding hydrogens is 278 g/mol. The van der Waals surface area contributed by atoms with Gasteiger partial charge in [-0.2, -0.15) is 0 Å². The summed E-state index contributed by atoms with van der Waals surface area (Å²) in [5.74, 6) is -0.480. The number of nitrogens with zero attached hydrogens (tertiary/aromatic N) is 1. The maximum absolute atomic E-state index is 11.6. The van der Waals surface area contributed by atoms with Gasteiger partial charge in [-0.3, -0.25) is 10.1 Å². The first-order chi connectivity index (χ1) is 9.69. The fraction of sp³-hybridized carbons (Fsp3) is 0.615. The molecule has 20 heavy (non-hydrogen) atoms. The van der Waals surface area contributed by atoms with Gasteiger partial charge in [-0.25, -0.2) is 9.78 Å². The van der Waals surface area contributed by atoms with Crippen molar-refractivity contribution in [2.45, 2.75) is 38.5 Å². The third-order valence-electron chi connectivity index (χ3n) is 3.19. The minimum atomic E-state index is -0.480. The topological polar surface area (TPSA) is 80.3 Å². The molecule has 0 radical (unpaired) electrons. The van der Waals surface area contributed by atoms with Crippen molar-refractivity contribution >= 4 is 28.5 Å². The molecule has 110 valence electrons. The van der Waals surface area contributed by atoms with E-state index >= 15 is 0 Å². The molecule has 0 unspecified atom stereocenters. The number of rotatable bonds is 3. The molecule has 0 bridgehead atoms. The van der Waals surface area contributed by atoms with Gasteiger partial charge in [0.2, 0.25) is 0 Å². The smallest absolute Gasteiger partial charge is 0.325 e. The summed E-state index contributed by atoms with van der Waals surface area (Å²) in [6.45, 7) is -0.145. The van der Waals surface area contributed by atoms with Gasteiger partial charge in [0.15, 0.2) is 5.13 Å². The monoisotopic (exact) mass is 297 g/mol. The third kappa shape index (κ3) is 4.19. The number of urea groups is 1. The zero-order valence-corrected chi connectivity index (χ0v) is 12.3. The largest absolute Gasteiger partial charge is 0.468 e. The van der Waals surface area contributed by atoms with Crippen molar-refractivity contribution < 1.29 is 14.3 Å². The lowest BCUT2D eigenvalue weighted by molar-refractivity contribution is -0.139. The lowest BCUT2D eigenvalue weighted by Crippen LogP contribution is -2.33. The van der Waals surface area contributed by atoms with Gasteiger partial charge in [-0.15, -0.1) is 11.3 Å². The van der Waals surface area contributed by atoms with Crippen LogP contribution in [0.4, 0.5) is 9.93 Å². The lowest BCUT2D eigenvalue weighted by atomic mass is 10.0. The Hall–Kier alpha value is -1.63. The number of carbonyl (C=O) groups is 2. The van der Waals surface area contributed by atoms with E-state index in [9.17, 15) is 9.59 Å². The zero-order chi connectivity index (χ0) is 14.4. The maximum atomic E-state index is 11.6. The lowest BCUT2D eigenvalue weighted by Gasteiger charge is -2.06. The molecule has 0 saturated heterocycles. The van der Waals surface area contributed by atoms with Crippen LogP contribution in [0, 0.1) is 0 Å². The average molecular weight is 297 g/mol. The maximum Gasteiger partial charge on any atom is 0.325 e. The van der Waals surface area contributed by atoms with E-state index in [1.54, 1.807) is 0 Å². The van der Waals surface area contributed by atoms with E-state index in [1.165, 1.54) is 42.6 Å². The molecular formula is C13H19N3O3S. The van der Waals surface area contributed by atoms with Crippen LogP contribution in [0.25, 0.3) is 0 Å². The summed E-state index contributed by atoms with van der Waals surface area (Å²) < 4.78 is 4.45. The third-order valence-corrected chi connectivity index (χ3v) is 4.26. The number of aromatic nitrogens is 1. The zero-order valence-electron chi connectivity index (χ0n) is 11.5. The van der Waals surface area contributed by atoms with E-state index in [0.717, 1.165) is 25.0 Å². The van der Waals surface area contributed by atoms with Crippen LogP contribution in [-0.2, 0) is 22.4 Å². The second kappa shape index (κ2) is 7.23. The quantitative estimate of drug-likeness (QED) is 0.837. The predicted molar refractivity (Wildman–Crippen MR) is 77.0 cm³/mol. The summed E-state index contributed by atoms with van der Waals surface area (Å²) in [7, 11) is 1.28. The fourth-order valence-corrected chi connectivity index (χ4v) is 3.17. The summed E-state index contributed by atoms with van der Waals surface area (Å²) in [5, 5.41) is 5.69. The van der Waals surface area contributed by atoms with E-state index in [2.05, 4.69) is 20.4 Å². The van der Waals surface area contributed by atoms with Gasteiger partial charge in [0, 0.05) is 4.88 Å². The van der Waals surface area contributed by atoms with Crippen molar-refractivity contribution in [1.82, 2.24) is 10.3 Å². The molecule has 1 aliphatic carbocycles. The van der Waals surface area contributed by atoms with Gasteiger partial charge in [-0.1, -0.05) is 12.8 Å². The minimum absolute atomic E-state index is 0.145. The molecule has 1 aliphatic rings. The molecule has 0 aromatic carbocycles. The van der Waals surface area contributed by atoms with Gasteiger partial charge < -0.3 is 10.1 Å². The summed E-state index contributed by atoms with van der Waals surface area (Å²) in [4.78, 5) is 28.3. The number of aryl methyl sites for hydroxylation is 2. The second-order valence-corrected chi connectivity index (χ2v) is 5.77. The number of anilines is 1. The van der Waals surface area contributed by atoms with Crippen molar-refractivity contribution in [3.8, 4) is 0 Å². The Morgan fingerprint density at radius 1 is 1.25 bits per heavy atom. The number of carbonyl (C=O) groups excluding carboxylic acids is 2. The van der Waals surface area contributed by atoms with Crippen LogP contribution in [-0.4, -0.2) is 30.6 Å². The molecule has 1 aromatic heterocycles. The molecule has 6 nitrogen and oxygen atoms in total. The van der Waals surface area contributed by atoms with Crippen LogP contribution in [0.1, 0.15) is 36.3 Å². The normalized spacial score (nSPS) is 14.7. The first-order valence-corrected chi connectivity index (χ1v) is 7.61. The molecule has 2 N–H and O–H groups in total. The summed E-state index contributed by atoms with van der Waals surface area (Å²) in [6.07, 6.45) is 6.88. The first kappa shape index (κ1) is 14.8. The Morgan fingerprint density at radius 2 is 2.00 bits per heavy atom. The van der Waals surface area contributed by atoms with E-state index in [1.807, 2.05) is 0 Å². The number of ether oxygens (including phenoxy) is 1. The van der Waals surface area contributed by atoms with Crippen LogP contribution in [0.3, 0.4) is 0 Å². The molecule has 0 atom stereocenters. The number of amides is 2. The molecule has 0 aliphatic heterocycles. The number of hydrogen-bond donors (Lipinski definition) is 2. The molecule has 0 spiro atoms. The van der Waals surface area contributed by atoms with Gasteiger partial charge in [0.1, 0.15) is 6.54 Å². The Labute approximate surface area is 121 Å². The number of fused-ring (bicyclic) bond motifs is 1. The van der Waals surface area contributed by atoms with Gasteiger partial charge in [0.05, 0.1) is 12.8 Å². The number of thiazole rings is 1. The Bertz CT molecular complexity index is 462. The van der Waals surface area contributed by atoms with Crippen LogP contribution in [0.2, 0.25) is 0 Å². The highest BCUT2D eigenvalue weighted by atomic mass is 32.1. The molecule has 2 amide bonds. The highest BCUT2D eigenvalue weighted by Crippen LogP contribution is 2.28. The van der Waals surface area contributed by atoms with Crippen LogP contribution >= 0.6 is 11.3 Å². The first-order valence-electron chi connectivity index (χ1n) is 6.79. The second-order valence-electron chi connectivity index (χ2n) is 4.69. The number of methoxy groups -OCH3 is 1. The Kier molecular flexibility index (Phi) is 5.34. The summed E-state index contributed by atoms with van der Waals surface area (Å²) in [6, 6.07) is -0.433. The predicted octanol–water partition coefficient (Wildman–Crippen LogP) is 2.10. The molecule has 0 fully saturated rings. The number of hydrogen-bond acceptors (Lipinski definition) is 5. The standard InChI is InChI=1S/C13H19N3O3S/c1-19-11(17)8-14-12(18)16-13-15-9-6-4-2-3-5-7-10(9)20-13/h2-8H2,1H3,(H2,14,15,16,18). The molecule has 2 rings (SSSR count). The van der Waals surface area contributed by atoms with Gasteiger partial charge in [-0.05, 0) is 25.7 Å². The molecule has 1 aromatic rings. The van der Waals surface area contributed by atoms with Gasteiger partial charge in [0.25, 0.3) is 0 Å². The van der Waals surface area contributed by atoms with Crippen molar-refractivity contribution in [3.05, 3.63) is 10.6 Å². The van der Waals surface area contributed by atoms with E-state index < -0.39 is 12.0 Å². The van der Waals surface area contributed by atoms with Crippen LogP contribution in [0.15, 0.2) is 0 Å². The molecule has 7 heteroatoms. The SMILES string of the molecule is COC(=O)CNC(=O)Nc1nc2c(s1)CCCCCC2.